The largest absolute Gasteiger partial charge is 0.488 e. The lowest BCUT2D eigenvalue weighted by atomic mass is 9.90. The number of nitriles is 1. The fraction of sp³-hybridized carbons (Fsp3) is 0.281. The molecule has 198 valence electrons. The Morgan fingerprint density at radius 3 is 2.69 bits per heavy atom. The maximum absolute atomic E-state index is 9.22. The van der Waals surface area contributed by atoms with Crippen molar-refractivity contribution in [1.29, 1.82) is 5.26 Å². The van der Waals surface area contributed by atoms with Crippen LogP contribution in [-0.2, 0) is 19.6 Å². The van der Waals surface area contributed by atoms with Crippen LogP contribution in [0.15, 0.2) is 70.2 Å². The highest BCUT2D eigenvalue weighted by molar-refractivity contribution is 6.05. The minimum atomic E-state index is 0.0166. The molecule has 3 aromatic carbocycles. The number of nitrogens with two attached hydrogens (primary N) is 1. The minimum Gasteiger partial charge on any atom is -0.488 e. The van der Waals surface area contributed by atoms with Gasteiger partial charge in [0.25, 0.3) is 0 Å². The van der Waals surface area contributed by atoms with Gasteiger partial charge >= 0.3 is 0 Å². The van der Waals surface area contributed by atoms with Gasteiger partial charge in [-0.3, -0.25) is 0 Å². The Labute approximate surface area is 229 Å². The summed E-state index contributed by atoms with van der Waals surface area (Å²) in [7, 11) is 2.13. The topological polar surface area (TPSA) is 101 Å². The lowest BCUT2D eigenvalue weighted by Crippen LogP contribution is -2.26. The Bertz CT molecular complexity index is 1560. The van der Waals surface area contributed by atoms with Gasteiger partial charge in [-0.05, 0) is 71.8 Å². The predicted octanol–water partition coefficient (Wildman–Crippen LogP) is 6.19. The van der Waals surface area contributed by atoms with Crippen LogP contribution in [0.3, 0.4) is 0 Å². The van der Waals surface area contributed by atoms with Gasteiger partial charge in [-0.15, -0.1) is 0 Å². The van der Waals surface area contributed by atoms with E-state index in [9.17, 15) is 5.26 Å². The van der Waals surface area contributed by atoms with Crippen LogP contribution in [0.1, 0.15) is 53.3 Å². The second-order valence-corrected chi connectivity index (χ2v) is 10.4. The van der Waals surface area contributed by atoms with Crippen molar-refractivity contribution in [3.63, 3.8) is 0 Å². The molecular weight excluding hydrogens is 486 g/mol. The maximum atomic E-state index is 9.22. The molecule has 2 heterocycles. The van der Waals surface area contributed by atoms with Gasteiger partial charge in [0.05, 0.1) is 11.1 Å². The SMILES string of the molecule is Cc1cc(OCc2ccccc2)c(-c2onc(C(N)=NC#N)c2-c2ccc3c(c2)CCN(C)C3)cc1C(C)C. The number of nitrogens with zero attached hydrogens (tertiary/aromatic N) is 4. The van der Waals surface area contributed by atoms with E-state index in [2.05, 4.69) is 73.2 Å². The standard InChI is InChI=1S/C32H33N5O2/c1-20(2)26-16-27(28(14-21(26)3)38-18-22-8-6-5-7-9-22)31-29(30(36-39-31)32(34)35-19-33)24-10-11-25-17-37(4)13-12-23(25)15-24/h5-11,14-16,20H,12-13,17-18H2,1-4H3,(H2,34,35). The molecule has 0 fully saturated rings. The first kappa shape index (κ1) is 26.2. The summed E-state index contributed by atoms with van der Waals surface area (Å²) < 4.78 is 12.4. The van der Waals surface area contributed by atoms with Gasteiger partial charge < -0.3 is 19.9 Å². The van der Waals surface area contributed by atoms with Gasteiger partial charge in [0.15, 0.2) is 17.3 Å². The minimum absolute atomic E-state index is 0.0166. The van der Waals surface area contributed by atoms with Crippen molar-refractivity contribution in [3.8, 4) is 34.4 Å². The van der Waals surface area contributed by atoms with Crippen molar-refractivity contribution < 1.29 is 9.26 Å². The zero-order valence-corrected chi connectivity index (χ0v) is 22.9. The number of likely N-dealkylation sites (N-methyl/N-ethyl adjacent to an activating group) is 1. The average Bonchev–Trinajstić information content (AvgIpc) is 3.37. The van der Waals surface area contributed by atoms with Crippen LogP contribution in [0, 0.1) is 18.4 Å². The molecule has 1 aliphatic rings. The fourth-order valence-electron chi connectivity index (χ4n) is 5.23. The van der Waals surface area contributed by atoms with Crippen molar-refractivity contribution in [1.82, 2.24) is 10.1 Å². The molecule has 7 heteroatoms. The molecule has 2 N–H and O–H groups in total. The molecule has 7 nitrogen and oxygen atoms in total. The molecule has 4 aromatic rings. The molecule has 0 spiro atoms. The molecular formula is C32H33N5O2. The number of hydrogen-bond donors (Lipinski definition) is 1. The quantitative estimate of drug-likeness (QED) is 0.177. The van der Waals surface area contributed by atoms with Crippen LogP contribution in [0.4, 0.5) is 0 Å². The summed E-state index contributed by atoms with van der Waals surface area (Å²) in [6.07, 6.45) is 2.73. The average molecular weight is 520 g/mol. The zero-order chi connectivity index (χ0) is 27.5. The molecule has 1 aromatic heterocycles. The number of aromatic nitrogens is 1. The Morgan fingerprint density at radius 1 is 1.15 bits per heavy atom. The van der Waals surface area contributed by atoms with Gasteiger partial charge in [-0.1, -0.05) is 67.5 Å². The molecule has 0 radical (unpaired) electrons. The molecule has 1 aliphatic heterocycles. The zero-order valence-electron chi connectivity index (χ0n) is 22.9. The number of fused-ring (bicyclic) bond motifs is 1. The number of rotatable bonds is 7. The molecule has 0 unspecified atom stereocenters. The van der Waals surface area contributed by atoms with Crippen LogP contribution >= 0.6 is 0 Å². The fourth-order valence-corrected chi connectivity index (χ4v) is 5.23. The summed E-state index contributed by atoms with van der Waals surface area (Å²) in [5, 5.41) is 13.5. The first-order valence-corrected chi connectivity index (χ1v) is 13.2. The molecule has 0 saturated heterocycles. The Morgan fingerprint density at radius 2 is 1.95 bits per heavy atom. The predicted molar refractivity (Wildman–Crippen MR) is 153 cm³/mol. The number of hydrogen-bond acceptors (Lipinski definition) is 6. The Hall–Kier alpha value is -4.41. The number of aliphatic imine (C=N–C) groups is 1. The molecule has 5 rings (SSSR count). The molecule has 0 bridgehead atoms. The van der Waals surface area contributed by atoms with Crippen molar-refractivity contribution in [2.75, 3.05) is 13.6 Å². The van der Waals surface area contributed by atoms with Crippen molar-refractivity contribution in [2.45, 2.75) is 46.3 Å². The van der Waals surface area contributed by atoms with E-state index in [4.69, 9.17) is 15.0 Å². The second kappa shape index (κ2) is 11.1. The molecule has 0 amide bonds. The second-order valence-electron chi connectivity index (χ2n) is 10.4. The van der Waals surface area contributed by atoms with Gasteiger partial charge in [0, 0.05) is 13.1 Å². The molecule has 39 heavy (non-hydrogen) atoms. The van der Waals surface area contributed by atoms with E-state index in [1.807, 2.05) is 30.3 Å². The van der Waals surface area contributed by atoms with Crippen LogP contribution < -0.4 is 10.5 Å². The van der Waals surface area contributed by atoms with E-state index >= 15 is 0 Å². The van der Waals surface area contributed by atoms with Crippen LogP contribution in [0.25, 0.3) is 22.5 Å². The van der Waals surface area contributed by atoms with Gasteiger partial charge in [0.1, 0.15) is 12.4 Å². The summed E-state index contributed by atoms with van der Waals surface area (Å²) in [4.78, 5) is 6.09. The van der Waals surface area contributed by atoms with Gasteiger partial charge in [-0.25, -0.2) is 0 Å². The smallest absolute Gasteiger partial charge is 0.207 e. The highest BCUT2D eigenvalue weighted by Crippen LogP contribution is 2.43. The van der Waals surface area contributed by atoms with E-state index in [0.29, 0.717) is 35.3 Å². The first-order valence-electron chi connectivity index (χ1n) is 13.2. The molecule has 0 saturated carbocycles. The van der Waals surface area contributed by atoms with Crippen molar-refractivity contribution in [3.05, 3.63) is 94.2 Å². The molecule has 0 atom stereocenters. The van der Waals surface area contributed by atoms with Crippen LogP contribution in [0.2, 0.25) is 0 Å². The third-order valence-corrected chi connectivity index (χ3v) is 7.28. The molecule has 0 aliphatic carbocycles. The number of ether oxygens (including phenoxy) is 1. The lowest BCUT2D eigenvalue weighted by Gasteiger charge is -2.25. The highest BCUT2D eigenvalue weighted by atomic mass is 16.5. The van der Waals surface area contributed by atoms with E-state index in [1.54, 1.807) is 6.19 Å². The number of benzene rings is 3. The normalized spacial score (nSPS) is 13.8. The first-order chi connectivity index (χ1) is 18.9. The number of aryl methyl sites for hydroxylation is 1. The monoisotopic (exact) mass is 519 g/mol. The van der Waals surface area contributed by atoms with Crippen LogP contribution in [0.5, 0.6) is 5.75 Å². The summed E-state index contributed by atoms with van der Waals surface area (Å²) in [6.45, 7) is 8.74. The summed E-state index contributed by atoms with van der Waals surface area (Å²) in [5.41, 5.74) is 15.0. The summed E-state index contributed by atoms with van der Waals surface area (Å²) in [6, 6.07) is 20.7. The Balaban J connectivity index is 1.69. The van der Waals surface area contributed by atoms with Crippen molar-refractivity contribution >= 4 is 5.84 Å². The third kappa shape index (κ3) is 5.43. The highest BCUT2D eigenvalue weighted by Gasteiger charge is 2.27. The summed E-state index contributed by atoms with van der Waals surface area (Å²) >= 11 is 0. The van der Waals surface area contributed by atoms with Gasteiger partial charge in [0.2, 0.25) is 6.19 Å². The third-order valence-electron chi connectivity index (χ3n) is 7.28. The lowest BCUT2D eigenvalue weighted by molar-refractivity contribution is 0.305. The Kier molecular flexibility index (Phi) is 7.49. The van der Waals surface area contributed by atoms with E-state index in [1.165, 1.54) is 16.7 Å². The van der Waals surface area contributed by atoms with E-state index < -0.39 is 0 Å². The van der Waals surface area contributed by atoms with Crippen molar-refractivity contribution in [2.24, 2.45) is 10.7 Å². The van der Waals surface area contributed by atoms with E-state index in [-0.39, 0.29) is 5.84 Å². The maximum Gasteiger partial charge on any atom is 0.207 e. The van der Waals surface area contributed by atoms with Crippen LogP contribution in [-0.4, -0.2) is 29.5 Å². The number of amidine groups is 1. The van der Waals surface area contributed by atoms with Gasteiger partial charge in [-0.2, -0.15) is 10.3 Å². The summed E-state index contributed by atoms with van der Waals surface area (Å²) in [5.74, 6) is 1.55. The van der Waals surface area contributed by atoms with E-state index in [0.717, 1.165) is 41.8 Å².